The number of nitrogens with one attached hydrogen (secondary N) is 2. The Morgan fingerprint density at radius 1 is 1.03 bits per heavy atom. The number of carbonyl (C=O) groups is 1. The van der Waals surface area contributed by atoms with Gasteiger partial charge < -0.3 is 15.1 Å². The van der Waals surface area contributed by atoms with E-state index in [1.54, 1.807) is 30.3 Å². The van der Waals surface area contributed by atoms with Gasteiger partial charge in [0.1, 0.15) is 10.8 Å². The van der Waals surface area contributed by atoms with Crippen LogP contribution < -0.4 is 10.6 Å². The highest BCUT2D eigenvalue weighted by atomic mass is 32.1. The summed E-state index contributed by atoms with van der Waals surface area (Å²) in [5.74, 6) is -0.150. The Kier molecular flexibility index (Phi) is 5.81. The quantitative estimate of drug-likeness (QED) is 0.408. The molecule has 3 aromatic heterocycles. The average Bonchev–Trinajstić information content (AvgIpc) is 3.36. The Morgan fingerprint density at radius 3 is 2.45 bits per heavy atom. The second-order valence-electron chi connectivity index (χ2n) is 7.15. The molecule has 1 atom stereocenters. The predicted molar refractivity (Wildman–Crippen MR) is 119 cm³/mol. The summed E-state index contributed by atoms with van der Waals surface area (Å²) in [6.07, 6.45) is 1.44. The monoisotopic (exact) mass is 436 g/mol. The molecule has 0 radical (unpaired) electrons. The Morgan fingerprint density at radius 2 is 1.77 bits per heavy atom. The molecule has 4 aromatic rings. The molecule has 0 aliphatic carbocycles. The number of amides is 1. The first-order chi connectivity index (χ1) is 14.9. The minimum Gasteiger partial charge on any atom is -0.459 e. The molecule has 0 fully saturated rings. The van der Waals surface area contributed by atoms with Crippen LogP contribution in [0.4, 0.5) is 15.3 Å². The minimum absolute atomic E-state index is 0.199. The fraction of sp³-hybridized carbons (Fsp3) is 0.174. The smallest absolute Gasteiger partial charge is 0.291 e. The van der Waals surface area contributed by atoms with E-state index >= 15 is 0 Å². The van der Waals surface area contributed by atoms with Crippen molar-refractivity contribution in [3.8, 4) is 0 Å². The maximum absolute atomic E-state index is 14.8. The molecule has 4 rings (SSSR count). The van der Waals surface area contributed by atoms with E-state index in [0.29, 0.717) is 16.5 Å². The van der Waals surface area contributed by atoms with Crippen LogP contribution in [0.15, 0.2) is 59.2 Å². The molecular formula is C23H21FN4O2S. The van der Waals surface area contributed by atoms with Gasteiger partial charge in [0.25, 0.3) is 5.91 Å². The van der Waals surface area contributed by atoms with Crippen molar-refractivity contribution in [2.45, 2.75) is 26.8 Å². The van der Waals surface area contributed by atoms with Gasteiger partial charge in [0.05, 0.1) is 12.3 Å². The second kappa shape index (κ2) is 8.69. The van der Waals surface area contributed by atoms with Gasteiger partial charge in [0.15, 0.2) is 5.76 Å². The largest absolute Gasteiger partial charge is 0.459 e. The van der Waals surface area contributed by atoms with Crippen LogP contribution >= 0.6 is 11.3 Å². The topological polar surface area (TPSA) is 80.0 Å². The molecule has 0 saturated carbocycles. The standard InChI is InChI=1S/C23H21FN4O2S/c1-13-11-14(2)26-23(25-13)27-20(16-7-4-5-8-18(16)24)17-12-15(3)31-22(17)28-21(29)19-9-6-10-30-19/h4-12,20H,1-3H3,(H,28,29)(H,25,26,27). The van der Waals surface area contributed by atoms with Gasteiger partial charge in [-0.2, -0.15) is 0 Å². The van der Waals surface area contributed by atoms with Gasteiger partial charge in [-0.15, -0.1) is 11.3 Å². The summed E-state index contributed by atoms with van der Waals surface area (Å²) in [5.41, 5.74) is 2.75. The van der Waals surface area contributed by atoms with Crippen LogP contribution in [0.5, 0.6) is 0 Å². The molecule has 2 N–H and O–H groups in total. The highest BCUT2D eigenvalue weighted by Crippen LogP contribution is 2.38. The van der Waals surface area contributed by atoms with Crippen molar-refractivity contribution in [3.05, 3.63) is 93.8 Å². The number of nitrogens with zero attached hydrogens (tertiary/aromatic N) is 2. The van der Waals surface area contributed by atoms with E-state index in [9.17, 15) is 9.18 Å². The summed E-state index contributed by atoms with van der Waals surface area (Å²) in [7, 11) is 0. The van der Waals surface area contributed by atoms with Gasteiger partial charge in [0, 0.05) is 27.4 Å². The molecule has 8 heteroatoms. The molecule has 1 unspecified atom stereocenters. The molecule has 1 aromatic carbocycles. The third-order valence-corrected chi connectivity index (χ3v) is 5.62. The first-order valence-electron chi connectivity index (χ1n) is 9.69. The number of halogens is 1. The predicted octanol–water partition coefficient (Wildman–Crippen LogP) is 5.65. The van der Waals surface area contributed by atoms with Crippen LogP contribution in [0.1, 0.15) is 44.0 Å². The maximum atomic E-state index is 14.8. The van der Waals surface area contributed by atoms with Crippen LogP contribution in [0.3, 0.4) is 0 Å². The number of furan rings is 1. The summed E-state index contributed by atoms with van der Waals surface area (Å²) in [5, 5.41) is 6.76. The van der Waals surface area contributed by atoms with E-state index in [1.807, 2.05) is 32.9 Å². The van der Waals surface area contributed by atoms with Gasteiger partial charge in [-0.1, -0.05) is 18.2 Å². The number of aromatic nitrogens is 2. The molecule has 3 heterocycles. The van der Waals surface area contributed by atoms with E-state index < -0.39 is 6.04 Å². The minimum atomic E-state index is -0.612. The zero-order valence-corrected chi connectivity index (χ0v) is 18.1. The lowest BCUT2D eigenvalue weighted by molar-refractivity contribution is 0.0997. The number of carbonyl (C=O) groups excluding carboxylic acids is 1. The Bertz CT molecular complexity index is 1200. The van der Waals surface area contributed by atoms with Crippen molar-refractivity contribution in [2.24, 2.45) is 0 Å². The molecule has 0 bridgehead atoms. The summed E-state index contributed by atoms with van der Waals surface area (Å²) >= 11 is 1.41. The second-order valence-corrected chi connectivity index (χ2v) is 8.40. The number of benzene rings is 1. The SMILES string of the molecule is Cc1cc(C)nc(NC(c2ccccc2F)c2cc(C)sc2NC(=O)c2ccco2)n1. The third-order valence-electron chi connectivity index (χ3n) is 4.64. The van der Waals surface area contributed by atoms with Gasteiger partial charge in [-0.05, 0) is 51.1 Å². The summed E-state index contributed by atoms with van der Waals surface area (Å²) in [6.45, 7) is 5.69. The Hall–Kier alpha value is -3.52. The molecular weight excluding hydrogens is 415 g/mol. The number of rotatable bonds is 6. The van der Waals surface area contributed by atoms with Crippen molar-refractivity contribution >= 4 is 28.2 Å². The molecule has 0 aliphatic rings. The van der Waals surface area contributed by atoms with Crippen molar-refractivity contribution in [1.82, 2.24) is 9.97 Å². The maximum Gasteiger partial charge on any atom is 0.291 e. The molecule has 1 amide bonds. The zero-order chi connectivity index (χ0) is 22.0. The van der Waals surface area contributed by atoms with E-state index in [0.717, 1.165) is 21.8 Å². The first kappa shape index (κ1) is 20.7. The molecule has 0 spiro atoms. The van der Waals surface area contributed by atoms with Crippen LogP contribution in [-0.4, -0.2) is 15.9 Å². The summed E-state index contributed by atoms with van der Waals surface area (Å²) < 4.78 is 20.0. The van der Waals surface area contributed by atoms with Gasteiger partial charge in [0.2, 0.25) is 5.95 Å². The van der Waals surface area contributed by atoms with E-state index in [-0.39, 0.29) is 17.5 Å². The molecule has 31 heavy (non-hydrogen) atoms. The van der Waals surface area contributed by atoms with Crippen LogP contribution in [0.25, 0.3) is 0 Å². The van der Waals surface area contributed by atoms with Gasteiger partial charge in [-0.3, -0.25) is 4.79 Å². The van der Waals surface area contributed by atoms with Crippen LogP contribution in [0, 0.1) is 26.6 Å². The van der Waals surface area contributed by atoms with Crippen molar-refractivity contribution < 1.29 is 13.6 Å². The normalized spacial score (nSPS) is 11.9. The van der Waals surface area contributed by atoms with E-state index in [1.165, 1.54) is 23.7 Å². The lowest BCUT2D eigenvalue weighted by Gasteiger charge is -2.21. The summed E-state index contributed by atoms with van der Waals surface area (Å²) in [4.78, 5) is 22.5. The van der Waals surface area contributed by atoms with E-state index in [4.69, 9.17) is 4.42 Å². The fourth-order valence-electron chi connectivity index (χ4n) is 3.37. The fourth-order valence-corrected chi connectivity index (χ4v) is 4.32. The molecule has 0 aliphatic heterocycles. The van der Waals surface area contributed by atoms with Crippen LogP contribution in [0.2, 0.25) is 0 Å². The van der Waals surface area contributed by atoms with E-state index in [2.05, 4.69) is 20.6 Å². The number of thiophene rings is 1. The van der Waals surface area contributed by atoms with Crippen LogP contribution in [-0.2, 0) is 0 Å². The number of aryl methyl sites for hydroxylation is 3. The zero-order valence-electron chi connectivity index (χ0n) is 17.3. The number of hydrogen-bond donors (Lipinski definition) is 2. The van der Waals surface area contributed by atoms with Gasteiger partial charge >= 0.3 is 0 Å². The lowest BCUT2D eigenvalue weighted by atomic mass is 9.99. The highest BCUT2D eigenvalue weighted by Gasteiger charge is 2.25. The average molecular weight is 437 g/mol. The van der Waals surface area contributed by atoms with Crippen molar-refractivity contribution in [3.63, 3.8) is 0 Å². The van der Waals surface area contributed by atoms with Gasteiger partial charge in [-0.25, -0.2) is 14.4 Å². The molecule has 0 saturated heterocycles. The lowest BCUT2D eigenvalue weighted by Crippen LogP contribution is -2.18. The molecule has 6 nitrogen and oxygen atoms in total. The summed E-state index contributed by atoms with van der Waals surface area (Å²) in [6, 6.07) is 13.0. The number of anilines is 2. The first-order valence-corrected chi connectivity index (χ1v) is 10.5. The number of hydrogen-bond acceptors (Lipinski definition) is 6. The Balaban J connectivity index is 1.77. The van der Waals surface area contributed by atoms with Crippen molar-refractivity contribution in [2.75, 3.05) is 10.6 Å². The Labute approximate surface area is 183 Å². The molecule has 158 valence electrons. The van der Waals surface area contributed by atoms with Crippen molar-refractivity contribution in [1.29, 1.82) is 0 Å². The third kappa shape index (κ3) is 4.64. The highest BCUT2D eigenvalue weighted by molar-refractivity contribution is 7.16.